The Balaban J connectivity index is 1.74. The van der Waals surface area contributed by atoms with Crippen LogP contribution < -0.4 is 0 Å². The zero-order valence-corrected chi connectivity index (χ0v) is 17.0. The van der Waals surface area contributed by atoms with E-state index in [9.17, 15) is 4.39 Å². The molecule has 27 heavy (non-hydrogen) atoms. The molecule has 0 N–H and O–H groups in total. The maximum Gasteiger partial charge on any atom is 0.173 e. The van der Waals surface area contributed by atoms with Gasteiger partial charge in [0.2, 0.25) is 0 Å². The number of rotatable bonds is 5. The summed E-state index contributed by atoms with van der Waals surface area (Å²) >= 11 is 7.73. The van der Waals surface area contributed by atoms with E-state index < -0.39 is 0 Å². The van der Waals surface area contributed by atoms with E-state index in [4.69, 9.17) is 0 Å². The topological polar surface area (TPSA) is 30.7 Å². The summed E-state index contributed by atoms with van der Waals surface area (Å²) in [5.41, 5.74) is 2.83. The van der Waals surface area contributed by atoms with Gasteiger partial charge in [-0.15, -0.1) is 24.0 Å². The first-order valence-electron chi connectivity index (χ1n) is 8.27. The van der Waals surface area contributed by atoms with Gasteiger partial charge in [0.25, 0.3) is 0 Å². The minimum absolute atomic E-state index is 0.251. The molecule has 0 spiro atoms. The molecule has 0 aliphatic rings. The number of aromatic nitrogens is 3. The van der Waals surface area contributed by atoms with E-state index in [-0.39, 0.29) is 5.82 Å². The molecule has 0 saturated carbocycles. The van der Waals surface area contributed by atoms with E-state index in [1.54, 1.807) is 35.2 Å². The quantitative estimate of drug-likeness (QED) is 0.320. The highest BCUT2D eigenvalue weighted by atomic mass is 32.2. The number of imidazole rings is 1. The summed E-state index contributed by atoms with van der Waals surface area (Å²) in [6.07, 6.45) is 3.75. The number of hydrogen-bond donors (Lipinski definition) is 1. The van der Waals surface area contributed by atoms with Gasteiger partial charge in [-0.3, -0.25) is 4.57 Å². The Bertz CT molecular complexity index is 1050. The molecule has 7 heteroatoms. The second-order valence-electron chi connectivity index (χ2n) is 5.92. The van der Waals surface area contributed by atoms with Gasteiger partial charge in [-0.25, -0.2) is 14.4 Å². The molecule has 0 unspecified atom stereocenters. The largest absolute Gasteiger partial charge is 0.287 e. The van der Waals surface area contributed by atoms with E-state index in [0.29, 0.717) is 0 Å². The number of thiol groups is 1. The van der Waals surface area contributed by atoms with Crippen molar-refractivity contribution in [1.82, 2.24) is 14.5 Å². The summed E-state index contributed by atoms with van der Waals surface area (Å²) in [4.78, 5) is 11.1. The van der Waals surface area contributed by atoms with Crippen molar-refractivity contribution in [3.63, 3.8) is 0 Å². The molecule has 0 amide bonds. The van der Waals surface area contributed by atoms with Crippen LogP contribution in [0, 0.1) is 12.7 Å². The highest BCUT2D eigenvalue weighted by molar-refractivity contribution is 7.98. The molecule has 0 aliphatic carbocycles. The number of nitrogens with zero attached hydrogens (tertiary/aromatic N) is 3. The number of aryl methyl sites for hydroxylation is 1. The van der Waals surface area contributed by atoms with Crippen molar-refractivity contribution in [2.24, 2.45) is 0 Å². The van der Waals surface area contributed by atoms with Crippen molar-refractivity contribution in [3.8, 4) is 16.9 Å². The smallest absolute Gasteiger partial charge is 0.173 e. The van der Waals surface area contributed by atoms with Gasteiger partial charge >= 0.3 is 0 Å². The van der Waals surface area contributed by atoms with Crippen LogP contribution in [0.25, 0.3) is 16.9 Å². The Morgan fingerprint density at radius 3 is 2.44 bits per heavy atom. The lowest BCUT2D eigenvalue weighted by atomic mass is 10.1. The fourth-order valence-corrected chi connectivity index (χ4v) is 4.68. The molecule has 2 heterocycles. The van der Waals surface area contributed by atoms with E-state index in [1.165, 1.54) is 17.0 Å². The van der Waals surface area contributed by atoms with Gasteiger partial charge in [-0.1, -0.05) is 11.8 Å². The highest BCUT2D eigenvalue weighted by Gasteiger charge is 2.15. The first kappa shape index (κ1) is 18.3. The lowest BCUT2D eigenvalue weighted by Crippen LogP contribution is -1.99. The number of benzene rings is 2. The zero-order valence-electron chi connectivity index (χ0n) is 14.5. The first-order chi connectivity index (χ1) is 13.1. The minimum atomic E-state index is -0.251. The lowest BCUT2D eigenvalue weighted by molar-refractivity contribution is 0.628. The van der Waals surface area contributed by atoms with Crippen molar-refractivity contribution in [2.75, 3.05) is 0 Å². The molecule has 4 rings (SSSR count). The fourth-order valence-electron chi connectivity index (χ4n) is 2.72. The molecule has 0 aliphatic heterocycles. The fraction of sp³-hybridized carbons (Fsp3) is 0.100. The van der Waals surface area contributed by atoms with Gasteiger partial charge in [-0.05, 0) is 55.5 Å². The van der Waals surface area contributed by atoms with E-state index >= 15 is 0 Å². The van der Waals surface area contributed by atoms with Crippen LogP contribution >= 0.6 is 35.7 Å². The average molecular weight is 414 g/mol. The van der Waals surface area contributed by atoms with Crippen LogP contribution in [0.15, 0.2) is 71.0 Å². The highest BCUT2D eigenvalue weighted by Crippen LogP contribution is 2.32. The monoisotopic (exact) mass is 413 g/mol. The number of thioether (sulfide) groups is 1. The summed E-state index contributed by atoms with van der Waals surface area (Å²) in [6, 6.07) is 14.4. The molecule has 4 aromatic rings. The normalized spacial score (nSPS) is 11.1. The van der Waals surface area contributed by atoms with Gasteiger partial charge in [0.1, 0.15) is 5.82 Å². The van der Waals surface area contributed by atoms with Gasteiger partial charge in [0.15, 0.2) is 5.16 Å². The van der Waals surface area contributed by atoms with Gasteiger partial charge in [-0.2, -0.15) is 0 Å². The summed E-state index contributed by atoms with van der Waals surface area (Å²) in [7, 11) is 0. The van der Waals surface area contributed by atoms with Crippen molar-refractivity contribution in [2.45, 2.75) is 22.7 Å². The SMILES string of the molecule is Cc1ncc(CSc2ncc(-c3ccc(F)cc3)n2-c2ccc(S)cc2)s1. The van der Waals surface area contributed by atoms with Crippen LogP contribution in [0.1, 0.15) is 9.88 Å². The molecule has 2 aromatic carbocycles. The van der Waals surface area contributed by atoms with Crippen LogP contribution in [-0.2, 0) is 5.75 Å². The third-order valence-corrected chi connectivity index (χ3v) is 6.39. The Morgan fingerprint density at radius 2 is 1.78 bits per heavy atom. The molecule has 3 nitrogen and oxygen atoms in total. The van der Waals surface area contributed by atoms with Crippen molar-refractivity contribution in [3.05, 3.63) is 76.6 Å². The van der Waals surface area contributed by atoms with E-state index in [1.807, 2.05) is 43.6 Å². The molecule has 2 aromatic heterocycles. The summed E-state index contributed by atoms with van der Waals surface area (Å²) in [5.74, 6) is 0.551. The maximum atomic E-state index is 13.3. The van der Waals surface area contributed by atoms with Gasteiger partial charge in [0.05, 0.1) is 16.9 Å². The summed E-state index contributed by atoms with van der Waals surface area (Å²) in [5, 5.41) is 1.94. The lowest BCUT2D eigenvalue weighted by Gasteiger charge is -2.12. The van der Waals surface area contributed by atoms with Crippen LogP contribution in [0.3, 0.4) is 0 Å². The molecule has 0 radical (unpaired) electrons. The van der Waals surface area contributed by atoms with Crippen molar-refractivity contribution in [1.29, 1.82) is 0 Å². The Kier molecular flexibility index (Phi) is 5.33. The maximum absolute atomic E-state index is 13.3. The zero-order chi connectivity index (χ0) is 18.8. The van der Waals surface area contributed by atoms with Crippen LogP contribution in [0.5, 0.6) is 0 Å². The molecular weight excluding hydrogens is 397 g/mol. The van der Waals surface area contributed by atoms with Crippen LogP contribution in [0.4, 0.5) is 4.39 Å². The third-order valence-electron chi connectivity index (χ3n) is 3.99. The van der Waals surface area contributed by atoms with Crippen molar-refractivity contribution < 1.29 is 4.39 Å². The molecule has 0 atom stereocenters. The Hall–Kier alpha value is -2.09. The summed E-state index contributed by atoms with van der Waals surface area (Å²) < 4.78 is 15.4. The molecular formula is C20H16FN3S3. The predicted octanol–water partition coefficient (Wildman–Crippen LogP) is 6.02. The Labute approximate surface area is 170 Å². The van der Waals surface area contributed by atoms with E-state index in [0.717, 1.165) is 37.8 Å². The van der Waals surface area contributed by atoms with Crippen LogP contribution in [-0.4, -0.2) is 14.5 Å². The van der Waals surface area contributed by atoms with Crippen molar-refractivity contribution >= 4 is 35.7 Å². The number of halogens is 1. The van der Waals surface area contributed by atoms with E-state index in [2.05, 4.69) is 27.2 Å². The second-order valence-corrected chi connectivity index (χ2v) is 8.70. The second kappa shape index (κ2) is 7.88. The average Bonchev–Trinajstić information content (AvgIpc) is 3.27. The molecule has 136 valence electrons. The molecule has 0 bridgehead atoms. The van der Waals surface area contributed by atoms with Crippen LogP contribution in [0.2, 0.25) is 0 Å². The third kappa shape index (κ3) is 4.10. The van der Waals surface area contributed by atoms with Gasteiger partial charge < -0.3 is 0 Å². The predicted molar refractivity (Wildman–Crippen MR) is 113 cm³/mol. The number of hydrogen-bond acceptors (Lipinski definition) is 5. The Morgan fingerprint density at radius 1 is 1.04 bits per heavy atom. The standard InChI is InChI=1S/C20H16FN3S3/c1-13-22-10-18(27-13)12-26-20-23-11-19(14-2-4-15(21)5-3-14)24(20)16-6-8-17(25)9-7-16/h2-11,25H,12H2,1H3. The number of thiazole rings is 1. The minimum Gasteiger partial charge on any atom is -0.287 e. The summed E-state index contributed by atoms with van der Waals surface area (Å²) in [6.45, 7) is 2.01. The van der Waals surface area contributed by atoms with Gasteiger partial charge in [0, 0.05) is 33.0 Å². The first-order valence-corrected chi connectivity index (χ1v) is 10.5. The molecule has 0 fully saturated rings. The molecule has 0 saturated heterocycles.